The van der Waals surface area contributed by atoms with Crippen LogP contribution in [-0.4, -0.2) is 37.6 Å². The van der Waals surface area contributed by atoms with E-state index in [0.717, 1.165) is 11.6 Å². The fourth-order valence-corrected chi connectivity index (χ4v) is 3.55. The zero-order valence-electron chi connectivity index (χ0n) is 20.3. The maximum atomic E-state index is 13.2. The number of aromatic nitrogens is 4. The molecule has 0 bridgehead atoms. The molecule has 4 rings (SSSR count). The van der Waals surface area contributed by atoms with Crippen LogP contribution in [0, 0.1) is 24.0 Å². The Morgan fingerprint density at radius 1 is 1.05 bits per heavy atom. The van der Waals surface area contributed by atoms with Crippen LogP contribution in [-0.2, 0) is 6.18 Å². The van der Waals surface area contributed by atoms with Crippen molar-refractivity contribution in [2.45, 2.75) is 20.0 Å². The van der Waals surface area contributed by atoms with Gasteiger partial charge in [-0.1, -0.05) is 6.07 Å². The Morgan fingerprint density at radius 2 is 1.82 bits per heavy atom. The number of nitrogens with one attached hydrogen (secondary N) is 3. The van der Waals surface area contributed by atoms with Crippen molar-refractivity contribution in [1.82, 2.24) is 19.7 Å². The predicted octanol–water partition coefficient (Wildman–Crippen LogP) is 5.24. The number of hydrogen-bond donors (Lipinski definition) is 3. The van der Waals surface area contributed by atoms with Gasteiger partial charge in [0, 0.05) is 48.3 Å². The molecule has 0 fully saturated rings. The Hall–Kier alpha value is -5.01. The fraction of sp³-hybridized carbons (Fsp3) is 0.167. The van der Waals surface area contributed by atoms with Gasteiger partial charge in [0.2, 0.25) is 0 Å². The van der Waals surface area contributed by atoms with Crippen LogP contribution < -0.4 is 16.0 Å². The molecule has 0 saturated carbocycles. The third-order valence-corrected chi connectivity index (χ3v) is 5.43. The summed E-state index contributed by atoms with van der Waals surface area (Å²) in [5.41, 5.74) is -0.317. The minimum Gasteiger partial charge on any atom is -0.373 e. The van der Waals surface area contributed by atoms with Crippen molar-refractivity contribution in [3.63, 3.8) is 0 Å². The zero-order valence-corrected chi connectivity index (χ0v) is 20.3. The molecule has 2 aromatic carbocycles. The summed E-state index contributed by atoms with van der Waals surface area (Å²) in [4.78, 5) is 31.2. The van der Waals surface area contributed by atoms with Crippen molar-refractivity contribution in [3.8, 4) is 5.82 Å². The van der Waals surface area contributed by atoms with E-state index in [4.69, 9.17) is 0 Å². The smallest absolute Gasteiger partial charge is 0.373 e. The molecule has 4 aromatic rings. The Morgan fingerprint density at radius 3 is 2.50 bits per heavy atom. The van der Waals surface area contributed by atoms with Gasteiger partial charge in [0.15, 0.2) is 5.82 Å². The first-order valence-electron chi connectivity index (χ1n) is 11.1. The number of hydrogen-bond acceptors (Lipinski definition) is 8. The lowest BCUT2D eigenvalue weighted by molar-refractivity contribution is -0.385. The van der Waals surface area contributed by atoms with E-state index in [-0.39, 0.29) is 5.69 Å². The monoisotopic (exact) mass is 526 g/mol. The minimum absolute atomic E-state index is 0.255. The first-order chi connectivity index (χ1) is 17.9. The van der Waals surface area contributed by atoms with Crippen LogP contribution in [0.25, 0.3) is 5.82 Å². The maximum Gasteiger partial charge on any atom is 0.416 e. The number of nitro benzene ring substituents is 1. The van der Waals surface area contributed by atoms with Crippen molar-refractivity contribution in [1.29, 1.82) is 0 Å². The highest BCUT2D eigenvalue weighted by molar-refractivity contribution is 6.05. The molecule has 3 N–H and O–H groups in total. The van der Waals surface area contributed by atoms with Gasteiger partial charge < -0.3 is 16.0 Å². The van der Waals surface area contributed by atoms with Gasteiger partial charge in [-0.05, 0) is 37.6 Å². The molecule has 0 spiro atoms. The average molecular weight is 526 g/mol. The number of anilines is 4. The SMILES string of the molecule is CNc1cc(-n2nc(C)cc2Nc2cc(NC(=O)c3cc([N+](=O)[O-])cc(C(F)(F)F)c3)ccc2C)ncn1. The van der Waals surface area contributed by atoms with Crippen LogP contribution in [0.4, 0.5) is 41.9 Å². The summed E-state index contributed by atoms with van der Waals surface area (Å²) in [7, 11) is 1.72. The minimum atomic E-state index is -4.86. The van der Waals surface area contributed by atoms with Crippen LogP contribution >= 0.6 is 0 Å². The molecule has 0 aliphatic rings. The van der Waals surface area contributed by atoms with Crippen LogP contribution in [0.5, 0.6) is 0 Å². The topological polar surface area (TPSA) is 140 Å². The van der Waals surface area contributed by atoms with Crippen molar-refractivity contribution in [3.05, 3.63) is 87.4 Å². The lowest BCUT2D eigenvalue weighted by Crippen LogP contribution is -2.15. The number of non-ortho nitro benzene ring substituents is 1. The zero-order chi connectivity index (χ0) is 27.6. The number of amides is 1. The van der Waals surface area contributed by atoms with Gasteiger partial charge in [0.25, 0.3) is 11.6 Å². The van der Waals surface area contributed by atoms with Gasteiger partial charge in [0.05, 0.1) is 16.2 Å². The lowest BCUT2D eigenvalue weighted by atomic mass is 10.1. The van der Waals surface area contributed by atoms with Gasteiger partial charge >= 0.3 is 6.18 Å². The highest BCUT2D eigenvalue weighted by Crippen LogP contribution is 2.33. The van der Waals surface area contributed by atoms with E-state index >= 15 is 0 Å². The number of benzene rings is 2. The van der Waals surface area contributed by atoms with Gasteiger partial charge in [-0.3, -0.25) is 14.9 Å². The summed E-state index contributed by atoms with van der Waals surface area (Å²) in [6.07, 6.45) is -3.47. The number of halogens is 3. The molecule has 2 heterocycles. The van der Waals surface area contributed by atoms with E-state index in [1.807, 2.05) is 6.92 Å². The average Bonchev–Trinajstić information content (AvgIpc) is 3.25. The Labute approximate surface area is 213 Å². The molecule has 14 heteroatoms. The normalized spacial score (nSPS) is 11.2. The molecule has 11 nitrogen and oxygen atoms in total. The van der Waals surface area contributed by atoms with Crippen molar-refractivity contribution >= 4 is 34.6 Å². The quantitative estimate of drug-likeness (QED) is 0.219. The summed E-state index contributed by atoms with van der Waals surface area (Å²) >= 11 is 0. The van der Waals surface area contributed by atoms with E-state index in [2.05, 4.69) is 31.0 Å². The summed E-state index contributed by atoms with van der Waals surface area (Å²) in [5.74, 6) is 0.705. The Balaban J connectivity index is 1.63. The highest BCUT2D eigenvalue weighted by atomic mass is 19.4. The first-order valence-corrected chi connectivity index (χ1v) is 11.1. The van der Waals surface area contributed by atoms with E-state index < -0.39 is 33.8 Å². The van der Waals surface area contributed by atoms with Crippen molar-refractivity contribution in [2.75, 3.05) is 23.0 Å². The Kier molecular flexibility index (Phi) is 6.97. The summed E-state index contributed by atoms with van der Waals surface area (Å²) in [6.45, 7) is 3.63. The molecular weight excluding hydrogens is 505 g/mol. The third kappa shape index (κ3) is 5.69. The number of alkyl halides is 3. The largest absolute Gasteiger partial charge is 0.416 e. The van der Waals surface area contributed by atoms with Crippen LogP contribution in [0.2, 0.25) is 0 Å². The third-order valence-electron chi connectivity index (χ3n) is 5.43. The number of carbonyl (C=O) groups excluding carboxylic acids is 1. The number of rotatable bonds is 7. The molecule has 0 unspecified atom stereocenters. The molecule has 0 atom stereocenters. The molecule has 196 valence electrons. The molecule has 0 aliphatic heterocycles. The van der Waals surface area contributed by atoms with Crippen molar-refractivity contribution < 1.29 is 22.9 Å². The summed E-state index contributed by atoms with van der Waals surface area (Å²) < 4.78 is 41.2. The standard InChI is InChI=1S/C24H21F3N8O3/c1-13-4-5-17(31-23(36)15-7-16(24(25,26)27)9-18(8-15)35(37)38)10-19(13)32-22-6-14(2)33-34(22)21-11-20(28-3)29-12-30-21/h4-12,32H,1-3H3,(H,31,36)(H,28,29,30). The van der Waals surface area contributed by atoms with Gasteiger partial charge in [-0.25, -0.2) is 9.97 Å². The predicted molar refractivity (Wildman–Crippen MR) is 134 cm³/mol. The summed E-state index contributed by atoms with van der Waals surface area (Å²) in [5, 5.41) is 24.2. The number of nitrogens with zero attached hydrogens (tertiary/aromatic N) is 5. The maximum absolute atomic E-state index is 13.2. The van der Waals surface area contributed by atoms with Crippen LogP contribution in [0.1, 0.15) is 27.2 Å². The molecule has 0 radical (unpaired) electrons. The van der Waals surface area contributed by atoms with E-state index in [9.17, 15) is 28.1 Å². The van der Waals surface area contributed by atoms with Gasteiger partial charge in [0.1, 0.15) is 18.0 Å². The highest BCUT2D eigenvalue weighted by Gasteiger charge is 2.33. The van der Waals surface area contributed by atoms with E-state index in [1.165, 1.54) is 6.33 Å². The van der Waals surface area contributed by atoms with Crippen LogP contribution in [0.15, 0.2) is 54.9 Å². The number of carbonyl (C=O) groups is 1. The lowest BCUT2D eigenvalue weighted by Gasteiger charge is -2.14. The number of nitro groups is 1. The molecule has 0 aliphatic carbocycles. The first kappa shape index (κ1) is 26.1. The second-order valence-electron chi connectivity index (χ2n) is 8.23. The second kappa shape index (κ2) is 10.2. The van der Waals surface area contributed by atoms with Crippen LogP contribution in [0.3, 0.4) is 0 Å². The molecule has 1 amide bonds. The molecule has 38 heavy (non-hydrogen) atoms. The van der Waals surface area contributed by atoms with E-state index in [1.54, 1.807) is 49.0 Å². The Bertz CT molecular complexity index is 1530. The number of aryl methyl sites for hydroxylation is 2. The molecular formula is C24H21F3N8O3. The van der Waals surface area contributed by atoms with Gasteiger partial charge in [-0.15, -0.1) is 0 Å². The fourth-order valence-electron chi connectivity index (χ4n) is 3.55. The second-order valence-corrected chi connectivity index (χ2v) is 8.23. The molecule has 0 saturated heterocycles. The summed E-state index contributed by atoms with van der Waals surface area (Å²) in [6, 6.07) is 10.1. The van der Waals surface area contributed by atoms with Crippen molar-refractivity contribution in [2.24, 2.45) is 0 Å². The van der Waals surface area contributed by atoms with Gasteiger partial charge in [-0.2, -0.15) is 23.0 Å². The molecule has 2 aromatic heterocycles. The van der Waals surface area contributed by atoms with E-state index in [0.29, 0.717) is 41.0 Å².